The fraction of sp³-hybridized carbons (Fsp3) is 0.462. The van der Waals surface area contributed by atoms with Crippen LogP contribution in [0, 0.1) is 5.82 Å². The van der Waals surface area contributed by atoms with Gasteiger partial charge in [0.2, 0.25) is 5.91 Å². The van der Waals surface area contributed by atoms with E-state index in [1.807, 2.05) is 6.92 Å². The first-order valence-electron chi connectivity index (χ1n) is 6.28. The van der Waals surface area contributed by atoms with E-state index in [0.29, 0.717) is 10.2 Å². The lowest BCUT2D eigenvalue weighted by molar-refractivity contribution is -0.120. The second-order valence-corrected chi connectivity index (χ2v) is 5.43. The lowest BCUT2D eigenvalue weighted by Gasteiger charge is -2.31. The molecule has 1 aliphatic heterocycles. The van der Waals surface area contributed by atoms with E-state index in [4.69, 9.17) is 0 Å². The Morgan fingerprint density at radius 1 is 1.47 bits per heavy atom. The van der Waals surface area contributed by atoms with E-state index in [0.717, 1.165) is 26.2 Å². The summed E-state index contributed by atoms with van der Waals surface area (Å²) in [4.78, 5) is 14.3. The third-order valence-electron chi connectivity index (χ3n) is 3.27. The Morgan fingerprint density at radius 3 is 2.84 bits per heavy atom. The summed E-state index contributed by atoms with van der Waals surface area (Å²) in [5.74, 6) is -0.485. The van der Waals surface area contributed by atoms with Gasteiger partial charge in [-0.15, -0.1) is 0 Å². The smallest absolute Gasteiger partial charge is 0.241 e. The Hall–Kier alpha value is -0.980. The van der Waals surface area contributed by atoms with Crippen molar-refractivity contribution in [1.82, 2.24) is 10.2 Å². The minimum absolute atomic E-state index is 0.117. The normalized spacial score (nSPS) is 18.1. The minimum Gasteiger partial charge on any atom is -0.324 e. The van der Waals surface area contributed by atoms with Crippen LogP contribution in [0.2, 0.25) is 0 Å². The van der Waals surface area contributed by atoms with Crippen LogP contribution in [-0.2, 0) is 4.79 Å². The van der Waals surface area contributed by atoms with Gasteiger partial charge in [-0.2, -0.15) is 0 Å². The van der Waals surface area contributed by atoms with Gasteiger partial charge in [-0.1, -0.05) is 0 Å². The summed E-state index contributed by atoms with van der Waals surface area (Å²) in [5.41, 5.74) is 0.465. The van der Waals surface area contributed by atoms with Crippen LogP contribution in [0.5, 0.6) is 0 Å². The Labute approximate surface area is 120 Å². The zero-order chi connectivity index (χ0) is 13.8. The van der Waals surface area contributed by atoms with Crippen molar-refractivity contribution in [3.05, 3.63) is 28.5 Å². The van der Waals surface area contributed by atoms with Crippen LogP contribution >= 0.6 is 15.9 Å². The number of carbonyl (C=O) groups is 1. The van der Waals surface area contributed by atoms with E-state index in [-0.39, 0.29) is 17.8 Å². The first-order chi connectivity index (χ1) is 9.08. The zero-order valence-corrected chi connectivity index (χ0v) is 12.3. The van der Waals surface area contributed by atoms with Gasteiger partial charge in [0.1, 0.15) is 5.82 Å². The lowest BCUT2D eigenvalue weighted by atomic mass is 10.2. The molecule has 0 radical (unpaired) electrons. The number of nitrogens with one attached hydrogen (secondary N) is 2. The Morgan fingerprint density at radius 2 is 2.16 bits per heavy atom. The average molecular weight is 330 g/mol. The molecule has 1 saturated heterocycles. The highest BCUT2D eigenvalue weighted by Crippen LogP contribution is 2.23. The molecular weight excluding hydrogens is 313 g/mol. The first kappa shape index (κ1) is 14.4. The highest BCUT2D eigenvalue weighted by atomic mass is 79.9. The number of piperazine rings is 1. The van der Waals surface area contributed by atoms with Gasteiger partial charge in [-0.25, -0.2) is 4.39 Å². The Bertz CT molecular complexity index is 463. The SMILES string of the molecule is CC(C(=O)Nc1cc(F)ccc1Br)N1CCNCC1. The maximum Gasteiger partial charge on any atom is 0.241 e. The van der Waals surface area contributed by atoms with E-state index in [1.54, 1.807) is 6.07 Å². The maximum atomic E-state index is 13.2. The fourth-order valence-corrected chi connectivity index (χ4v) is 2.41. The molecule has 1 aromatic rings. The summed E-state index contributed by atoms with van der Waals surface area (Å²) in [7, 11) is 0. The van der Waals surface area contributed by atoms with Gasteiger partial charge in [0.15, 0.2) is 0 Å². The molecule has 1 amide bonds. The molecule has 0 saturated carbocycles. The summed E-state index contributed by atoms with van der Waals surface area (Å²) in [6.07, 6.45) is 0. The van der Waals surface area contributed by atoms with Crippen molar-refractivity contribution < 1.29 is 9.18 Å². The second kappa shape index (κ2) is 6.45. The first-order valence-corrected chi connectivity index (χ1v) is 7.08. The number of hydrogen-bond donors (Lipinski definition) is 2. The molecule has 0 bridgehead atoms. The van der Waals surface area contributed by atoms with Gasteiger partial charge >= 0.3 is 0 Å². The van der Waals surface area contributed by atoms with Crippen molar-refractivity contribution in [2.45, 2.75) is 13.0 Å². The number of nitrogens with zero attached hydrogens (tertiary/aromatic N) is 1. The van der Waals surface area contributed by atoms with E-state index in [2.05, 4.69) is 31.5 Å². The van der Waals surface area contributed by atoms with Gasteiger partial charge in [-0.3, -0.25) is 9.69 Å². The molecule has 19 heavy (non-hydrogen) atoms. The zero-order valence-electron chi connectivity index (χ0n) is 10.7. The van der Waals surface area contributed by atoms with E-state index in [1.165, 1.54) is 12.1 Å². The van der Waals surface area contributed by atoms with Crippen molar-refractivity contribution in [2.24, 2.45) is 0 Å². The molecule has 0 aliphatic carbocycles. The fourth-order valence-electron chi connectivity index (χ4n) is 2.07. The van der Waals surface area contributed by atoms with Gasteiger partial charge < -0.3 is 10.6 Å². The monoisotopic (exact) mass is 329 g/mol. The minimum atomic E-state index is -0.367. The van der Waals surface area contributed by atoms with Crippen molar-refractivity contribution in [3.8, 4) is 0 Å². The summed E-state index contributed by atoms with van der Waals surface area (Å²) in [6, 6.07) is 4.02. The number of benzene rings is 1. The third kappa shape index (κ3) is 3.75. The molecule has 2 rings (SSSR count). The molecule has 1 aliphatic rings. The highest BCUT2D eigenvalue weighted by Gasteiger charge is 2.23. The van der Waals surface area contributed by atoms with E-state index in [9.17, 15) is 9.18 Å². The molecule has 1 fully saturated rings. The lowest BCUT2D eigenvalue weighted by Crippen LogP contribution is -2.51. The van der Waals surface area contributed by atoms with Crippen LogP contribution in [0.1, 0.15) is 6.92 Å². The predicted octanol–water partition coefficient (Wildman–Crippen LogP) is 1.82. The summed E-state index contributed by atoms with van der Waals surface area (Å²) in [5, 5.41) is 6.00. The highest BCUT2D eigenvalue weighted by molar-refractivity contribution is 9.10. The molecule has 1 atom stereocenters. The molecular formula is C13H17BrFN3O. The summed E-state index contributed by atoms with van der Waals surface area (Å²) < 4.78 is 13.8. The standard InChI is InChI=1S/C13H17BrFN3O/c1-9(18-6-4-16-5-7-18)13(19)17-12-8-10(15)2-3-11(12)14/h2-3,8-9,16H,4-7H2,1H3,(H,17,19). The van der Waals surface area contributed by atoms with Crippen molar-refractivity contribution in [1.29, 1.82) is 0 Å². The van der Waals surface area contributed by atoms with Crippen LogP contribution < -0.4 is 10.6 Å². The van der Waals surface area contributed by atoms with Crippen molar-refractivity contribution in [3.63, 3.8) is 0 Å². The van der Waals surface area contributed by atoms with Crippen LogP contribution in [0.25, 0.3) is 0 Å². The maximum absolute atomic E-state index is 13.2. The number of anilines is 1. The number of carbonyl (C=O) groups excluding carboxylic acids is 1. The molecule has 1 aromatic carbocycles. The predicted molar refractivity (Wildman–Crippen MR) is 76.6 cm³/mol. The number of hydrogen-bond acceptors (Lipinski definition) is 3. The van der Waals surface area contributed by atoms with Gasteiger partial charge in [0, 0.05) is 30.7 Å². The van der Waals surface area contributed by atoms with Gasteiger partial charge in [-0.05, 0) is 41.1 Å². The van der Waals surface area contributed by atoms with Gasteiger partial charge in [0.25, 0.3) is 0 Å². The molecule has 0 spiro atoms. The van der Waals surface area contributed by atoms with Crippen molar-refractivity contribution in [2.75, 3.05) is 31.5 Å². The van der Waals surface area contributed by atoms with Gasteiger partial charge in [0.05, 0.1) is 11.7 Å². The second-order valence-electron chi connectivity index (χ2n) is 4.58. The molecule has 1 unspecified atom stereocenters. The molecule has 0 aromatic heterocycles. The topological polar surface area (TPSA) is 44.4 Å². The number of rotatable bonds is 3. The molecule has 1 heterocycles. The Balaban J connectivity index is 2.01. The molecule has 6 heteroatoms. The number of halogens is 2. The van der Waals surface area contributed by atoms with Crippen LogP contribution in [0.4, 0.5) is 10.1 Å². The molecule has 2 N–H and O–H groups in total. The molecule has 104 valence electrons. The quantitative estimate of drug-likeness (QED) is 0.889. The third-order valence-corrected chi connectivity index (χ3v) is 3.96. The Kier molecular flexibility index (Phi) is 4.90. The van der Waals surface area contributed by atoms with Crippen LogP contribution in [0.15, 0.2) is 22.7 Å². The average Bonchev–Trinajstić information content (AvgIpc) is 2.43. The van der Waals surface area contributed by atoms with E-state index >= 15 is 0 Å². The summed E-state index contributed by atoms with van der Waals surface area (Å²) >= 11 is 3.30. The van der Waals surface area contributed by atoms with E-state index < -0.39 is 0 Å². The molecule has 4 nitrogen and oxygen atoms in total. The largest absolute Gasteiger partial charge is 0.324 e. The number of amides is 1. The van der Waals surface area contributed by atoms with Crippen molar-refractivity contribution >= 4 is 27.5 Å². The van der Waals surface area contributed by atoms with Crippen LogP contribution in [-0.4, -0.2) is 43.0 Å². The van der Waals surface area contributed by atoms with Crippen LogP contribution in [0.3, 0.4) is 0 Å². The summed E-state index contributed by atoms with van der Waals surface area (Å²) in [6.45, 7) is 5.34.